The molecule has 0 aliphatic rings. The van der Waals surface area contributed by atoms with Crippen molar-refractivity contribution in [1.29, 1.82) is 0 Å². The van der Waals surface area contributed by atoms with Gasteiger partial charge in [0.15, 0.2) is 0 Å². The quantitative estimate of drug-likeness (QED) is 0.345. The Kier molecular flexibility index (Phi) is 12.4. The first-order chi connectivity index (χ1) is 14.3. The molecular weight excluding hydrogens is 360 g/mol. The molecule has 0 bridgehead atoms. The van der Waals surface area contributed by atoms with E-state index in [4.69, 9.17) is 0 Å². The van der Waals surface area contributed by atoms with E-state index in [0.29, 0.717) is 0 Å². The maximum atomic E-state index is 4.38. The van der Waals surface area contributed by atoms with Gasteiger partial charge in [-0.05, 0) is 51.9 Å². The number of aromatic amines is 2. The molecule has 0 aliphatic carbocycles. The summed E-state index contributed by atoms with van der Waals surface area (Å²) in [5.41, 5.74) is 0. The third-order valence-corrected chi connectivity index (χ3v) is 5.38. The van der Waals surface area contributed by atoms with Crippen molar-refractivity contribution < 1.29 is 0 Å². The zero-order chi connectivity index (χ0) is 20.6. The minimum absolute atomic E-state index is 0.847. The van der Waals surface area contributed by atoms with E-state index >= 15 is 0 Å². The predicted molar refractivity (Wildman–Crippen MR) is 121 cm³/mol. The Balaban J connectivity index is 1.53. The van der Waals surface area contributed by atoms with E-state index in [9.17, 15) is 0 Å². The number of imidazole rings is 2. The Hall–Kier alpha value is -1.66. The normalized spacial score (nSPS) is 11.7. The van der Waals surface area contributed by atoms with Gasteiger partial charge in [0.25, 0.3) is 0 Å². The highest BCUT2D eigenvalue weighted by atomic mass is 15.2. The van der Waals surface area contributed by atoms with Crippen molar-refractivity contribution >= 4 is 0 Å². The summed E-state index contributed by atoms with van der Waals surface area (Å²) in [6.07, 6.45) is 19.4. The lowest BCUT2D eigenvalue weighted by Crippen LogP contribution is -2.26. The molecule has 0 saturated heterocycles. The molecule has 0 aliphatic heterocycles. The maximum absolute atomic E-state index is 4.38. The topological polar surface area (TPSA) is 63.8 Å². The zero-order valence-corrected chi connectivity index (χ0v) is 18.7. The highest BCUT2D eigenvalue weighted by Gasteiger charge is 2.10. The first-order valence-corrected chi connectivity index (χ1v) is 11.7. The van der Waals surface area contributed by atoms with Crippen LogP contribution in [0.5, 0.6) is 0 Å². The largest absolute Gasteiger partial charge is 0.348 e. The third-order valence-electron chi connectivity index (χ3n) is 5.38. The van der Waals surface area contributed by atoms with Gasteiger partial charge in [-0.15, -0.1) is 0 Å². The second kappa shape index (κ2) is 15.2. The highest BCUT2D eigenvalue weighted by Crippen LogP contribution is 2.11. The van der Waals surface area contributed by atoms with E-state index in [2.05, 4.69) is 43.6 Å². The van der Waals surface area contributed by atoms with Crippen LogP contribution in [0.15, 0.2) is 24.8 Å². The summed E-state index contributed by atoms with van der Waals surface area (Å²) in [6, 6.07) is 0. The molecule has 0 saturated carbocycles. The number of H-pyrrole nitrogens is 2. The van der Waals surface area contributed by atoms with Gasteiger partial charge in [-0.1, -0.05) is 46.0 Å². The van der Waals surface area contributed by atoms with E-state index in [1.807, 2.05) is 24.8 Å². The molecule has 6 heteroatoms. The molecule has 29 heavy (non-hydrogen) atoms. The molecule has 0 atom stereocenters. The molecule has 2 N–H and O–H groups in total. The highest BCUT2D eigenvalue weighted by molar-refractivity contribution is 4.90. The minimum atomic E-state index is 0.847. The molecule has 0 fully saturated rings. The van der Waals surface area contributed by atoms with Crippen LogP contribution in [0.2, 0.25) is 0 Å². The smallest absolute Gasteiger partial charge is 0.120 e. The van der Waals surface area contributed by atoms with Crippen LogP contribution in [0.3, 0.4) is 0 Å². The van der Waals surface area contributed by atoms with Crippen LogP contribution < -0.4 is 0 Å². The number of hydrogen-bond acceptors (Lipinski definition) is 4. The first kappa shape index (κ1) is 23.6. The Bertz CT molecular complexity index is 538. The number of rotatable bonds is 18. The maximum Gasteiger partial charge on any atom is 0.120 e. The van der Waals surface area contributed by atoms with Crippen LogP contribution in [0.1, 0.15) is 83.3 Å². The van der Waals surface area contributed by atoms with Gasteiger partial charge in [-0.3, -0.25) is 4.90 Å². The van der Waals surface area contributed by atoms with Gasteiger partial charge in [0.2, 0.25) is 0 Å². The van der Waals surface area contributed by atoms with E-state index in [1.54, 1.807) is 0 Å². The van der Waals surface area contributed by atoms with Gasteiger partial charge in [-0.25, -0.2) is 9.97 Å². The summed E-state index contributed by atoms with van der Waals surface area (Å²) in [5, 5.41) is 0. The Morgan fingerprint density at radius 1 is 0.621 bits per heavy atom. The summed E-state index contributed by atoms with van der Waals surface area (Å²) >= 11 is 0. The van der Waals surface area contributed by atoms with Crippen LogP contribution in [0.4, 0.5) is 0 Å². The lowest BCUT2D eigenvalue weighted by atomic mass is 10.1. The molecule has 0 radical (unpaired) electrons. The molecule has 0 unspecified atom stereocenters. The van der Waals surface area contributed by atoms with E-state index in [-0.39, 0.29) is 0 Å². The summed E-state index contributed by atoms with van der Waals surface area (Å²) in [4.78, 5) is 20.2. The summed E-state index contributed by atoms with van der Waals surface area (Å²) in [7, 11) is 0. The number of nitrogens with zero attached hydrogens (tertiary/aromatic N) is 4. The molecule has 6 nitrogen and oxygen atoms in total. The molecule has 164 valence electrons. The Morgan fingerprint density at radius 3 is 1.48 bits per heavy atom. The van der Waals surface area contributed by atoms with Crippen molar-refractivity contribution in [3.05, 3.63) is 36.4 Å². The van der Waals surface area contributed by atoms with Crippen LogP contribution in [0, 0.1) is 0 Å². The first-order valence-electron chi connectivity index (χ1n) is 11.7. The van der Waals surface area contributed by atoms with Crippen LogP contribution >= 0.6 is 0 Å². The molecule has 0 aromatic carbocycles. The average Bonchev–Trinajstić information content (AvgIpc) is 3.41. The molecule has 0 amide bonds. The van der Waals surface area contributed by atoms with Gasteiger partial charge >= 0.3 is 0 Å². The number of nitrogens with one attached hydrogen (secondary N) is 2. The third kappa shape index (κ3) is 10.6. The van der Waals surface area contributed by atoms with E-state index in [0.717, 1.165) is 31.3 Å². The average molecular weight is 403 g/mol. The van der Waals surface area contributed by atoms with Gasteiger partial charge in [-0.2, -0.15) is 0 Å². The molecule has 2 aromatic rings. The van der Waals surface area contributed by atoms with Gasteiger partial charge in [0, 0.05) is 24.8 Å². The van der Waals surface area contributed by atoms with Crippen molar-refractivity contribution in [2.24, 2.45) is 0 Å². The fourth-order valence-electron chi connectivity index (χ4n) is 3.93. The SMILES string of the molecule is CCCN(CCC)CCCCCCCCCN(Cc1ncc[nH]1)Cc1ncc[nH]1. The summed E-state index contributed by atoms with van der Waals surface area (Å²) in [6.45, 7) is 11.2. The van der Waals surface area contributed by atoms with Crippen LogP contribution in [-0.2, 0) is 13.1 Å². The van der Waals surface area contributed by atoms with Crippen molar-refractivity contribution in [3.8, 4) is 0 Å². The summed E-state index contributed by atoms with van der Waals surface area (Å²) < 4.78 is 0. The zero-order valence-electron chi connectivity index (χ0n) is 18.7. The lowest BCUT2D eigenvalue weighted by molar-refractivity contribution is 0.239. The Labute approximate surface area is 177 Å². The van der Waals surface area contributed by atoms with Gasteiger partial charge < -0.3 is 14.9 Å². The van der Waals surface area contributed by atoms with Crippen LogP contribution in [0.25, 0.3) is 0 Å². The second-order valence-electron chi connectivity index (χ2n) is 8.10. The number of unbranched alkanes of at least 4 members (excludes halogenated alkanes) is 6. The minimum Gasteiger partial charge on any atom is -0.348 e. The monoisotopic (exact) mass is 402 g/mol. The van der Waals surface area contributed by atoms with E-state index in [1.165, 1.54) is 77.4 Å². The van der Waals surface area contributed by atoms with Gasteiger partial charge in [0.1, 0.15) is 11.6 Å². The number of aromatic nitrogens is 4. The molecule has 2 rings (SSSR count). The second-order valence-corrected chi connectivity index (χ2v) is 8.10. The molecule has 0 spiro atoms. The van der Waals surface area contributed by atoms with Crippen molar-refractivity contribution in [1.82, 2.24) is 29.7 Å². The fraction of sp³-hybridized carbons (Fsp3) is 0.739. The summed E-state index contributed by atoms with van der Waals surface area (Å²) in [5.74, 6) is 2.05. The predicted octanol–water partition coefficient (Wildman–Crippen LogP) is 4.99. The molecule has 2 heterocycles. The van der Waals surface area contributed by atoms with E-state index < -0.39 is 0 Å². The standard InChI is InChI=1S/C23H42N6/c1-3-16-28(17-4-2)18-10-8-6-5-7-9-11-19-29(20-22-24-12-13-25-22)21-23-26-14-15-27-23/h12-15H,3-11,16-21H2,1-2H3,(H,24,25)(H,26,27). The fourth-order valence-corrected chi connectivity index (χ4v) is 3.93. The van der Waals surface area contributed by atoms with Crippen molar-refractivity contribution in [2.75, 3.05) is 26.2 Å². The van der Waals surface area contributed by atoms with Gasteiger partial charge in [0.05, 0.1) is 13.1 Å². The molecular formula is C23H42N6. The van der Waals surface area contributed by atoms with Crippen molar-refractivity contribution in [2.45, 2.75) is 84.7 Å². The Morgan fingerprint density at radius 2 is 1.07 bits per heavy atom. The lowest BCUT2D eigenvalue weighted by Gasteiger charge is -2.20. The number of hydrogen-bond donors (Lipinski definition) is 2. The van der Waals surface area contributed by atoms with Crippen LogP contribution in [-0.4, -0.2) is 55.9 Å². The molecule has 2 aromatic heterocycles. The van der Waals surface area contributed by atoms with Crippen molar-refractivity contribution in [3.63, 3.8) is 0 Å².